The van der Waals surface area contributed by atoms with Crippen LogP contribution < -0.4 is 5.73 Å². The Balaban J connectivity index is 2.40. The van der Waals surface area contributed by atoms with E-state index in [-0.39, 0.29) is 6.04 Å². The second-order valence-electron chi connectivity index (χ2n) is 6.64. The molecule has 0 aromatic rings. The van der Waals surface area contributed by atoms with E-state index in [0.29, 0.717) is 11.3 Å². The molecule has 1 aliphatic heterocycles. The van der Waals surface area contributed by atoms with Gasteiger partial charge in [0.25, 0.3) is 0 Å². The molecule has 1 fully saturated rings. The highest BCUT2D eigenvalue weighted by Gasteiger charge is 2.25. The number of nitrogens with zero attached hydrogens (tertiary/aromatic N) is 3. The van der Waals surface area contributed by atoms with Crippen LogP contribution in [0.4, 0.5) is 0 Å². The van der Waals surface area contributed by atoms with Gasteiger partial charge >= 0.3 is 0 Å². The fraction of sp³-hybridized carbons (Fsp3) is 0.929. The van der Waals surface area contributed by atoms with Crippen LogP contribution in [0.25, 0.3) is 0 Å². The molecule has 1 aliphatic rings. The van der Waals surface area contributed by atoms with Crippen molar-refractivity contribution in [2.75, 3.05) is 32.7 Å². The highest BCUT2D eigenvalue weighted by atomic mass is 16.4. The van der Waals surface area contributed by atoms with E-state index in [4.69, 9.17) is 10.9 Å². The van der Waals surface area contributed by atoms with E-state index in [0.717, 1.165) is 39.1 Å². The zero-order chi connectivity index (χ0) is 14.5. The minimum atomic E-state index is 0.0785. The fourth-order valence-corrected chi connectivity index (χ4v) is 2.51. The SMILES string of the molecule is CCC(C(N)=NO)N1CCN(CCC(C)(C)C)CC1. The Morgan fingerprint density at radius 3 is 2.26 bits per heavy atom. The lowest BCUT2D eigenvalue weighted by Gasteiger charge is -2.39. The van der Waals surface area contributed by atoms with E-state index in [2.05, 4.69) is 42.7 Å². The zero-order valence-electron chi connectivity index (χ0n) is 12.9. The third-order valence-corrected chi connectivity index (χ3v) is 3.87. The molecule has 1 atom stereocenters. The molecule has 19 heavy (non-hydrogen) atoms. The Morgan fingerprint density at radius 1 is 1.26 bits per heavy atom. The number of hydrogen-bond donors (Lipinski definition) is 2. The summed E-state index contributed by atoms with van der Waals surface area (Å²) in [5.74, 6) is 0.339. The molecule has 1 saturated heterocycles. The van der Waals surface area contributed by atoms with Crippen molar-refractivity contribution in [3.63, 3.8) is 0 Å². The minimum absolute atomic E-state index is 0.0785. The van der Waals surface area contributed by atoms with E-state index < -0.39 is 0 Å². The molecule has 0 saturated carbocycles. The van der Waals surface area contributed by atoms with Gasteiger partial charge in [-0.15, -0.1) is 0 Å². The van der Waals surface area contributed by atoms with Crippen LogP contribution in [0.2, 0.25) is 0 Å². The highest BCUT2D eigenvalue weighted by Crippen LogP contribution is 2.19. The van der Waals surface area contributed by atoms with Crippen molar-refractivity contribution < 1.29 is 5.21 Å². The molecule has 0 aliphatic carbocycles. The number of oxime groups is 1. The molecule has 5 nitrogen and oxygen atoms in total. The topological polar surface area (TPSA) is 65.1 Å². The Morgan fingerprint density at radius 2 is 1.84 bits per heavy atom. The van der Waals surface area contributed by atoms with Crippen molar-refractivity contribution in [2.24, 2.45) is 16.3 Å². The van der Waals surface area contributed by atoms with Crippen LogP contribution in [0.1, 0.15) is 40.5 Å². The maximum atomic E-state index is 8.82. The van der Waals surface area contributed by atoms with Crippen molar-refractivity contribution in [3.05, 3.63) is 0 Å². The number of nitrogens with two attached hydrogens (primary N) is 1. The summed E-state index contributed by atoms with van der Waals surface area (Å²) in [4.78, 5) is 4.84. The van der Waals surface area contributed by atoms with E-state index in [1.807, 2.05) is 0 Å². The average molecular weight is 270 g/mol. The second-order valence-corrected chi connectivity index (χ2v) is 6.64. The number of hydrogen-bond acceptors (Lipinski definition) is 4. The first-order valence-electron chi connectivity index (χ1n) is 7.31. The Kier molecular flexibility index (Phi) is 6.07. The van der Waals surface area contributed by atoms with Gasteiger partial charge < -0.3 is 15.8 Å². The van der Waals surface area contributed by atoms with Crippen LogP contribution in [0.15, 0.2) is 5.16 Å². The van der Waals surface area contributed by atoms with Gasteiger partial charge in [0.2, 0.25) is 0 Å². The average Bonchev–Trinajstić information content (AvgIpc) is 2.37. The summed E-state index contributed by atoms with van der Waals surface area (Å²) in [6.45, 7) is 14.2. The van der Waals surface area contributed by atoms with Gasteiger partial charge in [-0.05, 0) is 24.8 Å². The van der Waals surface area contributed by atoms with Gasteiger partial charge in [-0.2, -0.15) is 0 Å². The number of piperazine rings is 1. The molecular weight excluding hydrogens is 240 g/mol. The van der Waals surface area contributed by atoms with Crippen molar-refractivity contribution in [3.8, 4) is 0 Å². The third-order valence-electron chi connectivity index (χ3n) is 3.87. The van der Waals surface area contributed by atoms with Gasteiger partial charge in [-0.3, -0.25) is 4.90 Å². The standard InChI is InChI=1S/C14H30N4O/c1-5-12(13(15)16-19)18-10-8-17(9-11-18)7-6-14(2,3)4/h12,19H,5-11H2,1-4H3,(H2,15,16). The maximum Gasteiger partial charge on any atom is 0.156 e. The lowest BCUT2D eigenvalue weighted by molar-refractivity contribution is 0.105. The highest BCUT2D eigenvalue weighted by molar-refractivity contribution is 5.85. The molecule has 112 valence electrons. The molecule has 5 heteroatoms. The van der Waals surface area contributed by atoms with Crippen LogP contribution in [0.5, 0.6) is 0 Å². The lowest BCUT2D eigenvalue weighted by Crippen LogP contribution is -2.54. The monoisotopic (exact) mass is 270 g/mol. The Bertz CT molecular complexity index is 290. The first-order chi connectivity index (χ1) is 8.87. The van der Waals surface area contributed by atoms with Crippen LogP contribution in [0.3, 0.4) is 0 Å². The first kappa shape index (κ1) is 16.2. The van der Waals surface area contributed by atoms with Crippen molar-refractivity contribution in [2.45, 2.75) is 46.6 Å². The molecule has 1 rings (SSSR count). The molecule has 1 unspecified atom stereocenters. The Hall–Kier alpha value is -0.810. The number of amidine groups is 1. The predicted molar refractivity (Wildman–Crippen MR) is 79.6 cm³/mol. The molecule has 0 spiro atoms. The summed E-state index contributed by atoms with van der Waals surface area (Å²) in [5, 5.41) is 12.0. The van der Waals surface area contributed by atoms with Crippen LogP contribution in [-0.4, -0.2) is 59.6 Å². The summed E-state index contributed by atoms with van der Waals surface area (Å²) in [7, 11) is 0. The van der Waals surface area contributed by atoms with Crippen LogP contribution >= 0.6 is 0 Å². The van der Waals surface area contributed by atoms with Gasteiger partial charge in [-0.25, -0.2) is 0 Å². The molecule has 0 amide bonds. The summed E-state index contributed by atoms with van der Waals surface area (Å²) in [5.41, 5.74) is 6.15. The molecule has 0 bridgehead atoms. The largest absolute Gasteiger partial charge is 0.409 e. The third kappa shape index (κ3) is 5.37. The van der Waals surface area contributed by atoms with Gasteiger partial charge in [0, 0.05) is 26.2 Å². The van der Waals surface area contributed by atoms with Gasteiger partial charge in [0.1, 0.15) is 0 Å². The quantitative estimate of drug-likeness (QED) is 0.344. The van der Waals surface area contributed by atoms with Crippen LogP contribution in [-0.2, 0) is 0 Å². The normalized spacial score (nSPS) is 21.6. The molecule has 1 heterocycles. The van der Waals surface area contributed by atoms with E-state index >= 15 is 0 Å². The molecule has 0 aromatic heterocycles. The van der Waals surface area contributed by atoms with Gasteiger partial charge in [-0.1, -0.05) is 32.9 Å². The molecule has 3 N–H and O–H groups in total. The van der Waals surface area contributed by atoms with Crippen LogP contribution in [0, 0.1) is 5.41 Å². The summed E-state index contributed by atoms with van der Waals surface area (Å²) in [6.07, 6.45) is 2.11. The first-order valence-corrected chi connectivity index (χ1v) is 7.31. The minimum Gasteiger partial charge on any atom is -0.409 e. The molecular formula is C14H30N4O. The zero-order valence-corrected chi connectivity index (χ0v) is 12.9. The Labute approximate surface area is 117 Å². The van der Waals surface area contributed by atoms with Crippen molar-refractivity contribution in [1.82, 2.24) is 9.80 Å². The predicted octanol–water partition coefficient (Wildman–Crippen LogP) is 1.57. The summed E-state index contributed by atoms with van der Waals surface area (Å²) >= 11 is 0. The smallest absolute Gasteiger partial charge is 0.156 e. The van der Waals surface area contributed by atoms with Gasteiger partial charge in [0.15, 0.2) is 5.84 Å². The van der Waals surface area contributed by atoms with Gasteiger partial charge in [0.05, 0.1) is 6.04 Å². The van der Waals surface area contributed by atoms with Crippen molar-refractivity contribution in [1.29, 1.82) is 0 Å². The molecule has 0 radical (unpaired) electrons. The van der Waals surface area contributed by atoms with E-state index in [1.54, 1.807) is 0 Å². The number of rotatable bonds is 5. The summed E-state index contributed by atoms with van der Waals surface area (Å²) < 4.78 is 0. The fourth-order valence-electron chi connectivity index (χ4n) is 2.51. The second kappa shape index (κ2) is 7.10. The van der Waals surface area contributed by atoms with E-state index in [9.17, 15) is 0 Å². The van der Waals surface area contributed by atoms with E-state index in [1.165, 1.54) is 6.42 Å². The summed E-state index contributed by atoms with van der Waals surface area (Å²) in [6, 6.07) is 0.0785. The molecule has 0 aromatic carbocycles. The lowest BCUT2D eigenvalue weighted by atomic mass is 9.92. The maximum absolute atomic E-state index is 8.82. The van der Waals surface area contributed by atoms with Crippen molar-refractivity contribution >= 4 is 5.84 Å².